The molecule has 1 aromatic carbocycles. The van der Waals surface area contributed by atoms with Crippen LogP contribution in [0, 0.1) is 0 Å². The molecule has 9 heteroatoms. The summed E-state index contributed by atoms with van der Waals surface area (Å²) in [6, 6.07) is 12.8. The molecule has 0 unspecified atom stereocenters. The number of benzene rings is 1. The Labute approximate surface area is 197 Å². The van der Waals surface area contributed by atoms with Gasteiger partial charge in [-0.1, -0.05) is 11.6 Å². The third kappa shape index (κ3) is 6.18. The second kappa shape index (κ2) is 11.1. The maximum Gasteiger partial charge on any atom is 0.228 e. The van der Waals surface area contributed by atoms with Gasteiger partial charge < -0.3 is 19.1 Å². The van der Waals surface area contributed by atoms with Gasteiger partial charge in [-0.3, -0.25) is 4.79 Å². The molecule has 0 radical (unpaired) electrons. The Morgan fingerprint density at radius 2 is 2.06 bits per heavy atom. The van der Waals surface area contributed by atoms with Gasteiger partial charge in [-0.15, -0.1) is 0 Å². The standard InChI is InChI=1S/C24H25ClN4O4/c1-2-31-10-11-32-19-6-7-22(25)21(13-19)17-5-8-23(26-14-17)33-20-15-29(16-20)24(30)12-18-4-3-9-27-28-18/h3-9,13-14,20H,2,10-12,15-16H2,1H3. The number of rotatable bonds is 10. The zero-order valence-corrected chi connectivity index (χ0v) is 19.1. The molecule has 2 aromatic heterocycles. The molecule has 1 aliphatic rings. The molecule has 1 aliphatic heterocycles. The lowest BCUT2D eigenvalue weighted by Crippen LogP contribution is -2.56. The SMILES string of the molecule is CCOCCOc1ccc(Cl)c(-c2ccc(OC3CN(C(=O)Cc4cccnn4)C3)nc2)c1. The Balaban J connectivity index is 1.29. The molecule has 0 N–H and O–H groups in total. The smallest absolute Gasteiger partial charge is 0.228 e. The van der Waals surface area contributed by atoms with Gasteiger partial charge >= 0.3 is 0 Å². The van der Waals surface area contributed by atoms with Crippen LogP contribution < -0.4 is 9.47 Å². The van der Waals surface area contributed by atoms with Gasteiger partial charge in [0.05, 0.1) is 31.8 Å². The number of hydrogen-bond acceptors (Lipinski definition) is 7. The van der Waals surface area contributed by atoms with Crippen LogP contribution in [0.5, 0.6) is 11.6 Å². The Hall–Kier alpha value is -3.23. The van der Waals surface area contributed by atoms with Gasteiger partial charge in [-0.25, -0.2) is 4.98 Å². The minimum absolute atomic E-state index is 0.0108. The van der Waals surface area contributed by atoms with Crippen molar-refractivity contribution in [3.05, 3.63) is 65.6 Å². The van der Waals surface area contributed by atoms with Gasteiger partial charge in [-0.2, -0.15) is 10.2 Å². The van der Waals surface area contributed by atoms with Gasteiger partial charge in [0.15, 0.2) is 0 Å². The number of halogens is 1. The van der Waals surface area contributed by atoms with Crippen LogP contribution in [0.2, 0.25) is 5.02 Å². The van der Waals surface area contributed by atoms with Crippen molar-refractivity contribution in [2.24, 2.45) is 0 Å². The molecule has 1 saturated heterocycles. The first kappa shape index (κ1) is 22.9. The summed E-state index contributed by atoms with van der Waals surface area (Å²) in [5, 5.41) is 8.36. The summed E-state index contributed by atoms with van der Waals surface area (Å²) in [5.41, 5.74) is 2.34. The first-order valence-electron chi connectivity index (χ1n) is 10.8. The molecular weight excluding hydrogens is 444 g/mol. The summed E-state index contributed by atoms with van der Waals surface area (Å²) in [6.45, 7) is 4.66. The van der Waals surface area contributed by atoms with E-state index in [2.05, 4.69) is 15.2 Å². The van der Waals surface area contributed by atoms with E-state index < -0.39 is 0 Å². The highest BCUT2D eigenvalue weighted by molar-refractivity contribution is 6.33. The topological polar surface area (TPSA) is 86.7 Å². The predicted molar refractivity (Wildman–Crippen MR) is 123 cm³/mol. The van der Waals surface area contributed by atoms with E-state index >= 15 is 0 Å². The van der Waals surface area contributed by atoms with Crippen molar-refractivity contribution in [2.75, 3.05) is 32.9 Å². The second-order valence-electron chi connectivity index (χ2n) is 7.50. The molecule has 172 valence electrons. The van der Waals surface area contributed by atoms with Crippen LogP contribution in [-0.2, 0) is 16.0 Å². The Morgan fingerprint density at radius 1 is 1.18 bits per heavy atom. The van der Waals surface area contributed by atoms with E-state index in [-0.39, 0.29) is 18.4 Å². The molecule has 1 fully saturated rings. The molecule has 0 atom stereocenters. The van der Waals surface area contributed by atoms with Gasteiger partial charge in [0.1, 0.15) is 18.5 Å². The highest BCUT2D eigenvalue weighted by atomic mass is 35.5. The fourth-order valence-electron chi connectivity index (χ4n) is 3.37. The van der Waals surface area contributed by atoms with E-state index in [1.807, 2.05) is 25.1 Å². The van der Waals surface area contributed by atoms with Crippen LogP contribution in [0.1, 0.15) is 12.6 Å². The lowest BCUT2D eigenvalue weighted by molar-refractivity contribution is -0.139. The summed E-state index contributed by atoms with van der Waals surface area (Å²) < 4.78 is 16.9. The summed E-state index contributed by atoms with van der Waals surface area (Å²) in [7, 11) is 0. The van der Waals surface area contributed by atoms with Crippen molar-refractivity contribution in [3.63, 3.8) is 0 Å². The number of pyridine rings is 1. The molecule has 33 heavy (non-hydrogen) atoms. The zero-order valence-electron chi connectivity index (χ0n) is 18.3. The van der Waals surface area contributed by atoms with Crippen LogP contribution in [0.4, 0.5) is 0 Å². The lowest BCUT2D eigenvalue weighted by atomic mass is 10.1. The van der Waals surface area contributed by atoms with Crippen LogP contribution in [0.25, 0.3) is 11.1 Å². The quantitative estimate of drug-likeness (QED) is 0.421. The van der Waals surface area contributed by atoms with E-state index in [4.69, 9.17) is 25.8 Å². The fraction of sp³-hybridized carbons (Fsp3) is 0.333. The van der Waals surface area contributed by atoms with Crippen molar-refractivity contribution in [1.29, 1.82) is 0 Å². The van der Waals surface area contributed by atoms with Crippen molar-refractivity contribution in [2.45, 2.75) is 19.4 Å². The minimum Gasteiger partial charge on any atom is -0.491 e. The minimum atomic E-state index is -0.0835. The zero-order chi connectivity index (χ0) is 23.0. The predicted octanol–water partition coefficient (Wildman–Crippen LogP) is 3.44. The van der Waals surface area contributed by atoms with E-state index in [9.17, 15) is 4.79 Å². The number of carbonyl (C=O) groups is 1. The number of aromatic nitrogens is 3. The Morgan fingerprint density at radius 3 is 2.79 bits per heavy atom. The first-order chi connectivity index (χ1) is 16.1. The van der Waals surface area contributed by atoms with Gasteiger partial charge in [-0.05, 0) is 43.3 Å². The van der Waals surface area contributed by atoms with E-state index in [0.29, 0.717) is 49.5 Å². The highest BCUT2D eigenvalue weighted by Crippen LogP contribution is 2.32. The van der Waals surface area contributed by atoms with Gasteiger partial charge in [0.2, 0.25) is 11.8 Å². The van der Waals surface area contributed by atoms with E-state index in [1.165, 1.54) is 0 Å². The molecule has 0 saturated carbocycles. The third-order valence-corrected chi connectivity index (χ3v) is 5.46. The van der Waals surface area contributed by atoms with Crippen molar-refractivity contribution in [3.8, 4) is 22.8 Å². The second-order valence-corrected chi connectivity index (χ2v) is 7.91. The summed E-state index contributed by atoms with van der Waals surface area (Å²) in [5.74, 6) is 1.23. The van der Waals surface area contributed by atoms with Crippen LogP contribution >= 0.6 is 11.6 Å². The average molecular weight is 469 g/mol. The van der Waals surface area contributed by atoms with Crippen molar-refractivity contribution >= 4 is 17.5 Å². The van der Waals surface area contributed by atoms with Crippen LogP contribution in [0.15, 0.2) is 54.9 Å². The Bertz CT molecular complexity index is 1060. The fourth-order valence-corrected chi connectivity index (χ4v) is 3.60. The molecule has 8 nitrogen and oxygen atoms in total. The number of carbonyl (C=O) groups excluding carboxylic acids is 1. The Kier molecular flexibility index (Phi) is 7.70. The van der Waals surface area contributed by atoms with Crippen molar-refractivity contribution in [1.82, 2.24) is 20.1 Å². The summed E-state index contributed by atoms with van der Waals surface area (Å²) in [4.78, 5) is 18.5. The van der Waals surface area contributed by atoms with Crippen LogP contribution in [-0.4, -0.2) is 65.0 Å². The maximum atomic E-state index is 12.3. The van der Waals surface area contributed by atoms with Crippen LogP contribution in [0.3, 0.4) is 0 Å². The number of hydrogen-bond donors (Lipinski definition) is 0. The third-order valence-electron chi connectivity index (χ3n) is 5.13. The van der Waals surface area contributed by atoms with Crippen molar-refractivity contribution < 1.29 is 19.0 Å². The number of amides is 1. The molecule has 0 aliphatic carbocycles. The molecule has 4 rings (SSSR count). The maximum absolute atomic E-state index is 12.3. The van der Waals surface area contributed by atoms with Gasteiger partial charge in [0.25, 0.3) is 0 Å². The molecule has 3 aromatic rings. The number of ether oxygens (including phenoxy) is 3. The normalized spacial score (nSPS) is 13.5. The van der Waals surface area contributed by atoms with Gasteiger partial charge in [0, 0.05) is 41.2 Å². The first-order valence-corrected chi connectivity index (χ1v) is 11.2. The monoisotopic (exact) mass is 468 g/mol. The summed E-state index contributed by atoms with van der Waals surface area (Å²) >= 11 is 6.39. The summed E-state index contributed by atoms with van der Waals surface area (Å²) in [6.07, 6.45) is 3.46. The highest BCUT2D eigenvalue weighted by Gasteiger charge is 2.32. The molecule has 0 bridgehead atoms. The molecule has 3 heterocycles. The largest absolute Gasteiger partial charge is 0.491 e. The lowest BCUT2D eigenvalue weighted by Gasteiger charge is -2.38. The number of likely N-dealkylation sites (tertiary alicyclic amines) is 1. The van der Waals surface area contributed by atoms with E-state index in [0.717, 1.165) is 16.9 Å². The average Bonchev–Trinajstić information content (AvgIpc) is 2.81. The molecule has 1 amide bonds. The number of nitrogens with zero attached hydrogens (tertiary/aromatic N) is 4. The molecule has 0 spiro atoms. The van der Waals surface area contributed by atoms with E-state index in [1.54, 1.807) is 41.6 Å². The molecular formula is C24H25ClN4O4.